The van der Waals surface area contributed by atoms with E-state index in [4.69, 9.17) is 0 Å². The number of urea groups is 1. The monoisotopic (exact) mass is 196 g/mol. The van der Waals surface area contributed by atoms with Crippen LogP contribution in [-0.2, 0) is 6.42 Å². The summed E-state index contributed by atoms with van der Waals surface area (Å²) in [7, 11) is 1.77. The van der Waals surface area contributed by atoms with Crippen molar-refractivity contribution in [2.24, 2.45) is 0 Å². The Morgan fingerprint density at radius 3 is 3.07 bits per heavy atom. The third-order valence-electron chi connectivity index (χ3n) is 2.05. The van der Waals surface area contributed by atoms with Gasteiger partial charge < -0.3 is 15.2 Å². The highest BCUT2D eigenvalue weighted by Gasteiger charge is 2.04. The van der Waals surface area contributed by atoms with Gasteiger partial charge in [0.05, 0.1) is 6.33 Å². The van der Waals surface area contributed by atoms with Crippen LogP contribution in [0, 0.1) is 0 Å². The molecule has 2 amide bonds. The molecule has 1 aromatic rings. The number of amides is 2. The number of imidazole rings is 1. The van der Waals surface area contributed by atoms with Gasteiger partial charge in [-0.05, 0) is 6.92 Å². The van der Waals surface area contributed by atoms with Crippen LogP contribution >= 0.6 is 0 Å². The van der Waals surface area contributed by atoms with Crippen LogP contribution in [0.5, 0.6) is 0 Å². The van der Waals surface area contributed by atoms with Gasteiger partial charge in [0.2, 0.25) is 0 Å². The first-order valence-electron chi connectivity index (χ1n) is 4.70. The van der Waals surface area contributed by atoms with Crippen molar-refractivity contribution in [3.8, 4) is 0 Å². The van der Waals surface area contributed by atoms with E-state index < -0.39 is 0 Å². The fraction of sp³-hybridized carbons (Fsp3) is 0.556. The third-order valence-corrected chi connectivity index (χ3v) is 2.05. The SMILES string of the molecule is CCN(C)C(=O)NCCc1cnc[nH]1. The normalized spacial score (nSPS) is 9.86. The predicted molar refractivity (Wildman–Crippen MR) is 54.0 cm³/mol. The summed E-state index contributed by atoms with van der Waals surface area (Å²) in [4.78, 5) is 19.8. The number of nitrogens with one attached hydrogen (secondary N) is 2. The molecule has 1 aromatic heterocycles. The number of H-pyrrole nitrogens is 1. The van der Waals surface area contributed by atoms with E-state index in [1.54, 1.807) is 24.5 Å². The van der Waals surface area contributed by atoms with E-state index in [1.165, 1.54) is 0 Å². The molecule has 0 saturated carbocycles. The minimum atomic E-state index is -0.0352. The lowest BCUT2D eigenvalue weighted by atomic mass is 10.3. The van der Waals surface area contributed by atoms with E-state index >= 15 is 0 Å². The number of rotatable bonds is 4. The molecule has 0 fully saturated rings. The van der Waals surface area contributed by atoms with Gasteiger partial charge in [-0.1, -0.05) is 0 Å². The standard InChI is InChI=1S/C9H16N4O/c1-3-13(2)9(14)11-5-4-8-6-10-7-12-8/h6-7H,3-5H2,1-2H3,(H,10,12)(H,11,14). The lowest BCUT2D eigenvalue weighted by molar-refractivity contribution is 0.211. The molecular formula is C9H16N4O. The molecule has 0 aliphatic heterocycles. The molecule has 5 heteroatoms. The van der Waals surface area contributed by atoms with Crippen molar-refractivity contribution in [3.63, 3.8) is 0 Å². The first-order valence-corrected chi connectivity index (χ1v) is 4.70. The van der Waals surface area contributed by atoms with Gasteiger partial charge in [0, 0.05) is 38.4 Å². The molecule has 1 rings (SSSR count). The Kier molecular flexibility index (Phi) is 3.97. The summed E-state index contributed by atoms with van der Waals surface area (Å²) >= 11 is 0. The molecule has 0 atom stereocenters. The minimum Gasteiger partial charge on any atom is -0.348 e. The number of carbonyl (C=O) groups excluding carboxylic acids is 1. The van der Waals surface area contributed by atoms with Crippen molar-refractivity contribution in [1.82, 2.24) is 20.2 Å². The minimum absolute atomic E-state index is 0.0352. The largest absolute Gasteiger partial charge is 0.348 e. The zero-order valence-corrected chi connectivity index (χ0v) is 8.58. The molecule has 0 bridgehead atoms. The number of aromatic nitrogens is 2. The van der Waals surface area contributed by atoms with Crippen LogP contribution in [0.15, 0.2) is 12.5 Å². The van der Waals surface area contributed by atoms with Crippen LogP contribution < -0.4 is 5.32 Å². The molecular weight excluding hydrogens is 180 g/mol. The van der Waals surface area contributed by atoms with Gasteiger partial charge >= 0.3 is 6.03 Å². The summed E-state index contributed by atoms with van der Waals surface area (Å²) in [6.45, 7) is 3.29. The first kappa shape index (κ1) is 10.6. The quantitative estimate of drug-likeness (QED) is 0.741. The summed E-state index contributed by atoms with van der Waals surface area (Å²) < 4.78 is 0. The Morgan fingerprint density at radius 1 is 1.71 bits per heavy atom. The molecule has 0 aliphatic carbocycles. The van der Waals surface area contributed by atoms with E-state index in [1.807, 2.05) is 6.92 Å². The molecule has 78 valence electrons. The highest BCUT2D eigenvalue weighted by atomic mass is 16.2. The fourth-order valence-corrected chi connectivity index (χ4v) is 1.00. The fourth-order valence-electron chi connectivity index (χ4n) is 1.00. The highest BCUT2D eigenvalue weighted by Crippen LogP contribution is 1.91. The van der Waals surface area contributed by atoms with Gasteiger partial charge in [-0.3, -0.25) is 0 Å². The molecule has 0 aliphatic rings. The van der Waals surface area contributed by atoms with Crippen LogP contribution in [0.2, 0.25) is 0 Å². The van der Waals surface area contributed by atoms with Crippen molar-refractivity contribution in [1.29, 1.82) is 0 Å². The molecule has 0 saturated heterocycles. The maximum absolute atomic E-state index is 11.3. The van der Waals surface area contributed by atoms with Gasteiger partial charge in [-0.25, -0.2) is 9.78 Å². The van der Waals surface area contributed by atoms with Gasteiger partial charge in [0.1, 0.15) is 0 Å². The van der Waals surface area contributed by atoms with E-state index in [-0.39, 0.29) is 6.03 Å². The second kappa shape index (κ2) is 5.26. The number of carbonyl (C=O) groups is 1. The summed E-state index contributed by atoms with van der Waals surface area (Å²) in [5.74, 6) is 0. The second-order valence-electron chi connectivity index (χ2n) is 3.07. The Hall–Kier alpha value is -1.52. The van der Waals surface area contributed by atoms with E-state index in [2.05, 4.69) is 15.3 Å². The van der Waals surface area contributed by atoms with E-state index in [0.717, 1.165) is 18.7 Å². The van der Waals surface area contributed by atoms with Gasteiger partial charge in [-0.15, -0.1) is 0 Å². The molecule has 0 radical (unpaired) electrons. The zero-order valence-electron chi connectivity index (χ0n) is 8.58. The molecule has 2 N–H and O–H groups in total. The molecule has 0 spiro atoms. The average molecular weight is 196 g/mol. The van der Waals surface area contributed by atoms with Crippen molar-refractivity contribution in [2.45, 2.75) is 13.3 Å². The van der Waals surface area contributed by atoms with Crippen molar-refractivity contribution in [2.75, 3.05) is 20.1 Å². The van der Waals surface area contributed by atoms with Crippen molar-refractivity contribution >= 4 is 6.03 Å². The highest BCUT2D eigenvalue weighted by molar-refractivity contribution is 5.73. The number of aromatic amines is 1. The van der Waals surface area contributed by atoms with Crippen LogP contribution in [0.1, 0.15) is 12.6 Å². The lowest BCUT2D eigenvalue weighted by Gasteiger charge is -2.14. The maximum Gasteiger partial charge on any atom is 0.317 e. The Balaban J connectivity index is 2.18. The third kappa shape index (κ3) is 3.08. The van der Waals surface area contributed by atoms with Crippen LogP contribution in [0.25, 0.3) is 0 Å². The molecule has 0 unspecified atom stereocenters. The summed E-state index contributed by atoms with van der Waals surface area (Å²) in [5.41, 5.74) is 1.03. The van der Waals surface area contributed by atoms with Crippen LogP contribution in [0.3, 0.4) is 0 Å². The number of hydrogen-bond acceptors (Lipinski definition) is 2. The molecule has 0 aromatic carbocycles. The predicted octanol–water partition coefficient (Wildman–Crippen LogP) is 0.613. The zero-order chi connectivity index (χ0) is 10.4. The molecule has 14 heavy (non-hydrogen) atoms. The van der Waals surface area contributed by atoms with Crippen molar-refractivity contribution in [3.05, 3.63) is 18.2 Å². The first-order chi connectivity index (χ1) is 6.74. The maximum atomic E-state index is 11.3. The van der Waals surface area contributed by atoms with Gasteiger partial charge in [0.25, 0.3) is 0 Å². The Labute approximate surface area is 83.5 Å². The molecule has 1 heterocycles. The van der Waals surface area contributed by atoms with Crippen LogP contribution in [-0.4, -0.2) is 41.0 Å². The van der Waals surface area contributed by atoms with Gasteiger partial charge in [-0.2, -0.15) is 0 Å². The summed E-state index contributed by atoms with van der Waals surface area (Å²) in [6.07, 6.45) is 4.17. The smallest absolute Gasteiger partial charge is 0.317 e. The van der Waals surface area contributed by atoms with E-state index in [0.29, 0.717) is 6.54 Å². The van der Waals surface area contributed by atoms with E-state index in [9.17, 15) is 4.79 Å². The Bertz CT molecular complexity index is 270. The Morgan fingerprint density at radius 2 is 2.50 bits per heavy atom. The molecule has 5 nitrogen and oxygen atoms in total. The summed E-state index contributed by atoms with van der Waals surface area (Å²) in [5, 5.41) is 2.81. The summed E-state index contributed by atoms with van der Waals surface area (Å²) in [6, 6.07) is -0.0352. The van der Waals surface area contributed by atoms with Gasteiger partial charge in [0.15, 0.2) is 0 Å². The number of hydrogen-bond donors (Lipinski definition) is 2. The topological polar surface area (TPSA) is 61.0 Å². The van der Waals surface area contributed by atoms with Crippen LogP contribution in [0.4, 0.5) is 4.79 Å². The van der Waals surface area contributed by atoms with Crippen molar-refractivity contribution < 1.29 is 4.79 Å². The number of nitrogens with zero attached hydrogens (tertiary/aromatic N) is 2. The lowest BCUT2D eigenvalue weighted by Crippen LogP contribution is -2.37. The average Bonchev–Trinajstić information content (AvgIpc) is 2.69. The second-order valence-corrected chi connectivity index (χ2v) is 3.07.